The first-order valence-corrected chi connectivity index (χ1v) is 9.21. The van der Waals surface area contributed by atoms with Gasteiger partial charge in [0, 0.05) is 19.1 Å². The Hall–Kier alpha value is -0.910. The number of nitrogens with zero attached hydrogens (tertiary/aromatic N) is 1. The van der Waals surface area contributed by atoms with Gasteiger partial charge in [-0.1, -0.05) is 31.9 Å². The van der Waals surface area contributed by atoms with Gasteiger partial charge in [0.25, 0.3) is 0 Å². The Kier molecular flexibility index (Phi) is 5.41. The maximum atomic E-state index is 13.0. The lowest BCUT2D eigenvalue weighted by Crippen LogP contribution is -2.39. The molecule has 1 aliphatic rings. The van der Waals surface area contributed by atoms with Crippen LogP contribution in [0.3, 0.4) is 0 Å². The van der Waals surface area contributed by atoms with Crippen LogP contribution < -0.4 is 5.32 Å². The fourth-order valence-electron chi connectivity index (χ4n) is 3.26. The molecule has 0 spiro atoms. The first-order valence-electron chi connectivity index (χ1n) is 7.77. The van der Waals surface area contributed by atoms with Crippen LogP contribution in [0, 0.1) is 6.92 Å². The fourth-order valence-corrected chi connectivity index (χ4v) is 5.23. The average Bonchev–Trinajstić information content (AvgIpc) is 2.95. The van der Waals surface area contributed by atoms with Gasteiger partial charge in [-0.05, 0) is 44.0 Å². The standard InChI is InChI=1S/C16H26N2O2S/c1-4-18(15-9-5-6-10-15)21(19,20)16-11-7-8-14(12-17-3)13(16)2/h7-8,11,15,17H,4-6,9-10,12H2,1-3H3. The summed E-state index contributed by atoms with van der Waals surface area (Å²) in [6.07, 6.45) is 4.25. The maximum absolute atomic E-state index is 13.0. The number of benzene rings is 1. The van der Waals surface area contributed by atoms with Crippen LogP contribution >= 0.6 is 0 Å². The molecule has 1 aromatic carbocycles. The highest BCUT2D eigenvalue weighted by Gasteiger charge is 2.33. The van der Waals surface area contributed by atoms with Crippen LogP contribution in [0.4, 0.5) is 0 Å². The topological polar surface area (TPSA) is 49.4 Å². The summed E-state index contributed by atoms with van der Waals surface area (Å²) in [6.45, 7) is 5.07. The molecule has 0 heterocycles. The van der Waals surface area contributed by atoms with E-state index in [-0.39, 0.29) is 6.04 Å². The van der Waals surface area contributed by atoms with Gasteiger partial charge in [0.05, 0.1) is 4.90 Å². The molecule has 118 valence electrons. The summed E-state index contributed by atoms with van der Waals surface area (Å²) < 4.78 is 27.8. The third-order valence-electron chi connectivity index (χ3n) is 4.39. The monoisotopic (exact) mass is 310 g/mol. The molecule has 0 saturated heterocycles. The number of hydrogen-bond acceptors (Lipinski definition) is 3. The van der Waals surface area contributed by atoms with Crippen molar-refractivity contribution in [1.29, 1.82) is 0 Å². The van der Waals surface area contributed by atoms with E-state index in [1.54, 1.807) is 10.4 Å². The normalized spacial score (nSPS) is 16.8. The van der Waals surface area contributed by atoms with Gasteiger partial charge in [0.2, 0.25) is 10.0 Å². The molecular formula is C16H26N2O2S. The molecular weight excluding hydrogens is 284 g/mol. The van der Waals surface area contributed by atoms with Crippen molar-refractivity contribution in [3.05, 3.63) is 29.3 Å². The van der Waals surface area contributed by atoms with Gasteiger partial charge in [-0.15, -0.1) is 0 Å². The number of rotatable bonds is 6. The molecule has 1 fully saturated rings. The van der Waals surface area contributed by atoms with Crippen molar-refractivity contribution in [2.75, 3.05) is 13.6 Å². The SMILES string of the molecule is CCN(C1CCCC1)S(=O)(=O)c1cccc(CNC)c1C. The van der Waals surface area contributed by atoms with Crippen molar-refractivity contribution in [2.45, 2.75) is 57.0 Å². The Bertz CT molecular complexity index is 578. The van der Waals surface area contributed by atoms with Gasteiger partial charge in [-0.3, -0.25) is 0 Å². The molecule has 0 unspecified atom stereocenters. The minimum Gasteiger partial charge on any atom is -0.316 e. The third kappa shape index (κ3) is 3.30. The van der Waals surface area contributed by atoms with Crippen LogP contribution in [-0.4, -0.2) is 32.4 Å². The minimum absolute atomic E-state index is 0.173. The lowest BCUT2D eigenvalue weighted by molar-refractivity contribution is 0.335. The average molecular weight is 310 g/mol. The summed E-state index contributed by atoms with van der Waals surface area (Å²) in [7, 11) is -1.53. The second-order valence-corrected chi connectivity index (χ2v) is 7.58. The predicted molar refractivity (Wildman–Crippen MR) is 85.8 cm³/mol. The molecule has 1 saturated carbocycles. The Morgan fingerprint density at radius 1 is 1.29 bits per heavy atom. The van der Waals surface area contributed by atoms with Gasteiger partial charge in [-0.2, -0.15) is 4.31 Å². The maximum Gasteiger partial charge on any atom is 0.243 e. The van der Waals surface area contributed by atoms with Gasteiger partial charge in [0.1, 0.15) is 0 Å². The van der Waals surface area contributed by atoms with E-state index in [1.807, 2.05) is 33.0 Å². The third-order valence-corrected chi connectivity index (χ3v) is 6.57. The highest BCUT2D eigenvalue weighted by molar-refractivity contribution is 7.89. The molecule has 21 heavy (non-hydrogen) atoms. The van der Waals surface area contributed by atoms with Crippen molar-refractivity contribution in [3.8, 4) is 0 Å². The lowest BCUT2D eigenvalue weighted by atomic mass is 10.1. The minimum atomic E-state index is -3.40. The van der Waals surface area contributed by atoms with E-state index < -0.39 is 10.0 Å². The highest BCUT2D eigenvalue weighted by atomic mass is 32.2. The number of hydrogen-bond donors (Lipinski definition) is 1. The van der Waals surface area contributed by atoms with Crippen molar-refractivity contribution in [3.63, 3.8) is 0 Å². The second-order valence-electron chi connectivity index (χ2n) is 5.72. The van der Waals surface area contributed by atoms with E-state index in [0.717, 1.165) is 36.8 Å². The smallest absolute Gasteiger partial charge is 0.243 e. The van der Waals surface area contributed by atoms with E-state index in [9.17, 15) is 8.42 Å². The van der Waals surface area contributed by atoms with Crippen molar-refractivity contribution < 1.29 is 8.42 Å². The fraction of sp³-hybridized carbons (Fsp3) is 0.625. The Balaban J connectivity index is 2.40. The molecule has 1 N–H and O–H groups in total. The predicted octanol–water partition coefficient (Wildman–Crippen LogP) is 2.67. The Labute approximate surface area is 128 Å². The molecule has 0 atom stereocenters. The van der Waals surface area contributed by atoms with Crippen LogP contribution in [0.25, 0.3) is 0 Å². The number of sulfonamides is 1. The summed E-state index contributed by atoms with van der Waals surface area (Å²) >= 11 is 0. The van der Waals surface area contributed by atoms with Gasteiger partial charge in [-0.25, -0.2) is 8.42 Å². The molecule has 0 aromatic heterocycles. The van der Waals surface area contributed by atoms with Crippen LogP contribution in [0.5, 0.6) is 0 Å². The first kappa shape index (κ1) is 16.5. The zero-order chi connectivity index (χ0) is 15.5. The van der Waals surface area contributed by atoms with E-state index in [4.69, 9.17) is 0 Å². The Morgan fingerprint density at radius 3 is 2.52 bits per heavy atom. The van der Waals surface area contributed by atoms with E-state index >= 15 is 0 Å². The molecule has 0 bridgehead atoms. The van der Waals surface area contributed by atoms with E-state index in [0.29, 0.717) is 18.0 Å². The molecule has 5 heteroatoms. The molecule has 0 radical (unpaired) electrons. The van der Waals surface area contributed by atoms with Gasteiger partial charge < -0.3 is 5.32 Å². The van der Waals surface area contributed by atoms with Crippen molar-refractivity contribution in [2.24, 2.45) is 0 Å². The van der Waals surface area contributed by atoms with Gasteiger partial charge in [0.15, 0.2) is 0 Å². The van der Waals surface area contributed by atoms with E-state index in [2.05, 4.69) is 5.32 Å². The first-order chi connectivity index (χ1) is 10.0. The van der Waals surface area contributed by atoms with E-state index in [1.165, 1.54) is 0 Å². The van der Waals surface area contributed by atoms with Gasteiger partial charge >= 0.3 is 0 Å². The zero-order valence-corrected chi connectivity index (χ0v) is 14.0. The van der Waals surface area contributed by atoms with Crippen LogP contribution in [0.15, 0.2) is 23.1 Å². The molecule has 0 amide bonds. The highest BCUT2D eigenvalue weighted by Crippen LogP contribution is 2.30. The summed E-state index contributed by atoms with van der Waals surface area (Å²) in [4.78, 5) is 0.462. The zero-order valence-electron chi connectivity index (χ0n) is 13.2. The molecule has 0 aliphatic heterocycles. The molecule has 1 aliphatic carbocycles. The Morgan fingerprint density at radius 2 is 1.95 bits per heavy atom. The van der Waals surface area contributed by atoms with Crippen LogP contribution in [0.1, 0.15) is 43.7 Å². The quantitative estimate of drug-likeness (QED) is 0.879. The van der Waals surface area contributed by atoms with Crippen LogP contribution in [-0.2, 0) is 16.6 Å². The van der Waals surface area contributed by atoms with Crippen LogP contribution in [0.2, 0.25) is 0 Å². The second kappa shape index (κ2) is 6.90. The molecule has 1 aromatic rings. The molecule has 2 rings (SSSR count). The summed E-state index contributed by atoms with van der Waals surface area (Å²) in [5.41, 5.74) is 1.91. The number of nitrogens with one attached hydrogen (secondary N) is 1. The summed E-state index contributed by atoms with van der Waals surface area (Å²) in [5, 5.41) is 3.09. The lowest BCUT2D eigenvalue weighted by Gasteiger charge is -2.27. The van der Waals surface area contributed by atoms with Crippen molar-refractivity contribution >= 4 is 10.0 Å². The van der Waals surface area contributed by atoms with Crippen molar-refractivity contribution in [1.82, 2.24) is 9.62 Å². The largest absolute Gasteiger partial charge is 0.316 e. The summed E-state index contributed by atoms with van der Waals surface area (Å²) in [5.74, 6) is 0. The summed E-state index contributed by atoms with van der Waals surface area (Å²) in [6, 6.07) is 5.74. The molecule has 4 nitrogen and oxygen atoms in total.